The third-order valence-corrected chi connectivity index (χ3v) is 4.52. The molecule has 6 heteroatoms. The van der Waals surface area contributed by atoms with E-state index in [4.69, 9.17) is 4.42 Å². The molecule has 2 N–H and O–H groups in total. The fourth-order valence-electron chi connectivity index (χ4n) is 2.41. The average molecular weight is 366 g/mol. The first-order chi connectivity index (χ1) is 12.5. The third-order valence-electron chi connectivity index (χ3n) is 3.70. The van der Waals surface area contributed by atoms with Gasteiger partial charge in [0.2, 0.25) is 0 Å². The fraction of sp³-hybridized carbons (Fsp3) is 0.100. The number of aryl methyl sites for hydroxylation is 2. The molecule has 0 spiro atoms. The van der Waals surface area contributed by atoms with Crippen LogP contribution >= 0.6 is 11.3 Å². The Labute approximate surface area is 155 Å². The van der Waals surface area contributed by atoms with E-state index in [1.807, 2.05) is 49.6 Å². The highest BCUT2D eigenvalue weighted by Gasteiger charge is 2.17. The minimum atomic E-state index is -0.478. The summed E-state index contributed by atoms with van der Waals surface area (Å²) in [5.74, 6) is -0.736. The minimum Gasteiger partial charge on any atom is -0.459 e. The van der Waals surface area contributed by atoms with Gasteiger partial charge in [0.25, 0.3) is 11.8 Å². The number of thiophene rings is 1. The molecule has 2 heterocycles. The van der Waals surface area contributed by atoms with Crippen LogP contribution in [0.25, 0.3) is 6.08 Å². The number of benzene rings is 1. The van der Waals surface area contributed by atoms with Crippen molar-refractivity contribution in [3.05, 3.63) is 81.6 Å². The van der Waals surface area contributed by atoms with E-state index >= 15 is 0 Å². The molecule has 3 aromatic rings. The van der Waals surface area contributed by atoms with Crippen LogP contribution in [0.5, 0.6) is 0 Å². The smallest absolute Gasteiger partial charge is 0.291 e. The Bertz CT molecular complexity index is 942. The molecular formula is C20H18N2O3S. The highest BCUT2D eigenvalue weighted by atomic mass is 32.1. The number of hydrogen-bond donors (Lipinski definition) is 2. The number of carbonyl (C=O) groups is 2. The van der Waals surface area contributed by atoms with Crippen LogP contribution in [-0.2, 0) is 4.79 Å². The number of amides is 2. The normalized spacial score (nSPS) is 11.2. The van der Waals surface area contributed by atoms with Crippen molar-refractivity contribution in [1.29, 1.82) is 0 Å². The maximum absolute atomic E-state index is 12.8. The maximum atomic E-state index is 12.8. The van der Waals surface area contributed by atoms with Crippen LogP contribution < -0.4 is 10.6 Å². The van der Waals surface area contributed by atoms with Crippen molar-refractivity contribution < 1.29 is 14.0 Å². The average Bonchev–Trinajstić information content (AvgIpc) is 3.30. The second-order valence-electron chi connectivity index (χ2n) is 5.78. The molecule has 0 aliphatic rings. The quantitative estimate of drug-likeness (QED) is 0.659. The van der Waals surface area contributed by atoms with E-state index in [1.165, 1.54) is 17.6 Å². The van der Waals surface area contributed by atoms with Crippen LogP contribution in [0.1, 0.15) is 26.6 Å². The molecule has 0 atom stereocenters. The first-order valence-corrected chi connectivity index (χ1v) is 8.89. The van der Waals surface area contributed by atoms with Gasteiger partial charge in [-0.15, -0.1) is 11.3 Å². The lowest BCUT2D eigenvalue weighted by molar-refractivity contribution is -0.113. The Balaban J connectivity index is 1.85. The summed E-state index contributed by atoms with van der Waals surface area (Å²) in [4.78, 5) is 25.9. The third kappa shape index (κ3) is 4.29. The molecule has 0 aliphatic heterocycles. The molecule has 0 bridgehead atoms. The molecule has 0 fully saturated rings. The SMILES string of the molecule is Cc1ccc(NC(=O)/C(=C/c2cccs2)NC(=O)c2ccco2)c(C)c1. The minimum absolute atomic E-state index is 0.140. The van der Waals surface area contributed by atoms with E-state index < -0.39 is 11.8 Å². The van der Waals surface area contributed by atoms with E-state index in [-0.39, 0.29) is 11.5 Å². The van der Waals surface area contributed by atoms with Gasteiger partial charge in [0.15, 0.2) is 5.76 Å². The van der Waals surface area contributed by atoms with Crippen molar-refractivity contribution in [3.8, 4) is 0 Å². The largest absolute Gasteiger partial charge is 0.459 e. The van der Waals surface area contributed by atoms with Crippen molar-refractivity contribution in [2.45, 2.75) is 13.8 Å². The van der Waals surface area contributed by atoms with Crippen LogP contribution in [0.3, 0.4) is 0 Å². The van der Waals surface area contributed by atoms with Gasteiger partial charge in [-0.2, -0.15) is 0 Å². The molecule has 1 aromatic carbocycles. The molecule has 3 rings (SSSR count). The lowest BCUT2D eigenvalue weighted by Crippen LogP contribution is -2.30. The zero-order valence-corrected chi connectivity index (χ0v) is 15.2. The van der Waals surface area contributed by atoms with Crippen LogP contribution in [-0.4, -0.2) is 11.8 Å². The van der Waals surface area contributed by atoms with E-state index in [0.717, 1.165) is 16.0 Å². The summed E-state index contributed by atoms with van der Waals surface area (Å²) in [5, 5.41) is 7.39. The molecule has 0 unspecified atom stereocenters. The number of anilines is 1. The standard InChI is InChI=1S/C20H18N2O3S/c1-13-7-8-16(14(2)11-13)21-19(23)17(12-15-5-4-10-26-15)22-20(24)18-6-3-9-25-18/h3-12H,1-2H3,(H,21,23)(H,22,24)/b17-12-. The molecule has 0 radical (unpaired) electrons. The van der Waals surface area contributed by atoms with Gasteiger partial charge in [0.1, 0.15) is 5.70 Å². The van der Waals surface area contributed by atoms with Gasteiger partial charge in [-0.05, 0) is 55.1 Å². The van der Waals surface area contributed by atoms with Gasteiger partial charge in [-0.1, -0.05) is 23.8 Å². The molecular weight excluding hydrogens is 348 g/mol. The van der Waals surface area contributed by atoms with Crippen LogP contribution in [0, 0.1) is 13.8 Å². The summed E-state index contributed by atoms with van der Waals surface area (Å²) in [5.41, 5.74) is 2.91. The molecule has 2 aromatic heterocycles. The fourth-order valence-corrected chi connectivity index (χ4v) is 3.07. The van der Waals surface area contributed by atoms with Crippen molar-refractivity contribution >= 4 is 34.9 Å². The monoisotopic (exact) mass is 366 g/mol. The molecule has 26 heavy (non-hydrogen) atoms. The number of nitrogens with one attached hydrogen (secondary N) is 2. The van der Waals surface area contributed by atoms with Crippen LogP contribution in [0.2, 0.25) is 0 Å². The number of carbonyl (C=O) groups excluding carboxylic acids is 2. The van der Waals surface area contributed by atoms with E-state index in [2.05, 4.69) is 10.6 Å². The number of rotatable bonds is 5. The summed E-state index contributed by atoms with van der Waals surface area (Å²) in [6.07, 6.45) is 3.05. The number of furan rings is 1. The lowest BCUT2D eigenvalue weighted by Gasteiger charge is -2.12. The summed E-state index contributed by atoms with van der Waals surface area (Å²) < 4.78 is 5.09. The Hall–Kier alpha value is -3.12. The molecule has 5 nitrogen and oxygen atoms in total. The molecule has 0 saturated carbocycles. The lowest BCUT2D eigenvalue weighted by atomic mass is 10.1. The molecule has 0 aliphatic carbocycles. The zero-order chi connectivity index (χ0) is 18.5. The van der Waals surface area contributed by atoms with Gasteiger partial charge in [0, 0.05) is 10.6 Å². The van der Waals surface area contributed by atoms with E-state index in [9.17, 15) is 9.59 Å². The second-order valence-corrected chi connectivity index (χ2v) is 6.76. The van der Waals surface area contributed by atoms with Gasteiger partial charge < -0.3 is 15.1 Å². The Kier molecular flexibility index (Phi) is 5.34. The summed E-state index contributed by atoms with van der Waals surface area (Å²) in [6.45, 7) is 3.91. The summed E-state index contributed by atoms with van der Waals surface area (Å²) >= 11 is 1.47. The predicted molar refractivity (Wildman–Crippen MR) is 103 cm³/mol. The van der Waals surface area contributed by atoms with Gasteiger partial charge in [-0.25, -0.2) is 0 Å². The molecule has 0 saturated heterocycles. The van der Waals surface area contributed by atoms with Crippen LogP contribution in [0.15, 0.2) is 64.2 Å². The van der Waals surface area contributed by atoms with E-state index in [0.29, 0.717) is 5.69 Å². The Morgan fingerprint density at radius 3 is 2.62 bits per heavy atom. The molecule has 132 valence electrons. The second kappa shape index (κ2) is 7.84. The predicted octanol–water partition coefficient (Wildman–Crippen LogP) is 4.37. The first kappa shape index (κ1) is 17.7. The molecule has 2 amide bonds. The van der Waals surface area contributed by atoms with Crippen LogP contribution in [0.4, 0.5) is 5.69 Å². The van der Waals surface area contributed by atoms with Gasteiger partial charge >= 0.3 is 0 Å². The van der Waals surface area contributed by atoms with Gasteiger partial charge in [-0.3, -0.25) is 9.59 Å². The highest BCUT2D eigenvalue weighted by molar-refractivity contribution is 7.10. The van der Waals surface area contributed by atoms with Crippen molar-refractivity contribution in [3.63, 3.8) is 0 Å². The zero-order valence-electron chi connectivity index (χ0n) is 14.4. The highest BCUT2D eigenvalue weighted by Crippen LogP contribution is 2.18. The maximum Gasteiger partial charge on any atom is 0.291 e. The van der Waals surface area contributed by atoms with Gasteiger partial charge in [0.05, 0.1) is 6.26 Å². The Morgan fingerprint density at radius 2 is 1.96 bits per heavy atom. The summed E-state index contributed by atoms with van der Waals surface area (Å²) in [7, 11) is 0. The first-order valence-electron chi connectivity index (χ1n) is 8.01. The van der Waals surface area contributed by atoms with Crippen molar-refractivity contribution in [1.82, 2.24) is 5.32 Å². The summed E-state index contributed by atoms with van der Waals surface area (Å²) in [6, 6.07) is 12.7. The topological polar surface area (TPSA) is 71.3 Å². The van der Waals surface area contributed by atoms with Crippen molar-refractivity contribution in [2.75, 3.05) is 5.32 Å². The van der Waals surface area contributed by atoms with Crippen molar-refractivity contribution in [2.24, 2.45) is 0 Å². The number of hydrogen-bond acceptors (Lipinski definition) is 4. The van der Waals surface area contributed by atoms with E-state index in [1.54, 1.807) is 18.2 Å². The Morgan fingerprint density at radius 1 is 1.12 bits per heavy atom.